The lowest BCUT2D eigenvalue weighted by Gasteiger charge is -2.11. The first kappa shape index (κ1) is 14.1. The molecular formula is C13H10Br2O4. The maximum atomic E-state index is 10.5. The summed E-state index contributed by atoms with van der Waals surface area (Å²) in [5, 5.41) is 10.5. The molecule has 0 heterocycles. The lowest BCUT2D eigenvalue weighted by Crippen LogP contribution is -2.09. The van der Waals surface area contributed by atoms with Crippen molar-refractivity contribution in [2.24, 2.45) is 0 Å². The molecule has 2 aromatic carbocycles. The molecule has 0 atom stereocenters. The molecule has 0 bridgehead atoms. The standard InChI is InChI=1S/C13H10Br2O4/c1-18-9-4-2-8-7(12(9)14)3-5-10(13(8)15)19-6-11(16)17/h2-5H,6H2,1H3,(H,16,17). The number of benzene rings is 2. The molecular weight excluding hydrogens is 380 g/mol. The summed E-state index contributed by atoms with van der Waals surface area (Å²) in [7, 11) is 1.60. The molecule has 1 N–H and O–H groups in total. The zero-order valence-electron chi connectivity index (χ0n) is 9.94. The summed E-state index contributed by atoms with van der Waals surface area (Å²) in [6.07, 6.45) is 0. The summed E-state index contributed by atoms with van der Waals surface area (Å²) >= 11 is 6.92. The molecule has 0 amide bonds. The van der Waals surface area contributed by atoms with E-state index >= 15 is 0 Å². The molecule has 100 valence electrons. The molecule has 0 unspecified atom stereocenters. The van der Waals surface area contributed by atoms with Gasteiger partial charge >= 0.3 is 5.97 Å². The lowest BCUT2D eigenvalue weighted by molar-refractivity contribution is -0.139. The SMILES string of the molecule is COc1ccc2c(Br)c(OCC(=O)O)ccc2c1Br. The van der Waals surface area contributed by atoms with E-state index in [9.17, 15) is 4.79 Å². The number of ether oxygens (including phenoxy) is 2. The Balaban J connectivity index is 2.50. The first-order valence-corrected chi connectivity index (χ1v) is 6.92. The van der Waals surface area contributed by atoms with Crippen molar-refractivity contribution in [3.8, 4) is 11.5 Å². The molecule has 0 aromatic heterocycles. The smallest absolute Gasteiger partial charge is 0.341 e. The summed E-state index contributed by atoms with van der Waals surface area (Å²) < 4.78 is 12.0. The largest absolute Gasteiger partial charge is 0.496 e. The zero-order chi connectivity index (χ0) is 14.0. The van der Waals surface area contributed by atoms with Crippen LogP contribution in [0.3, 0.4) is 0 Å². The second kappa shape index (κ2) is 5.79. The van der Waals surface area contributed by atoms with Gasteiger partial charge < -0.3 is 14.6 Å². The van der Waals surface area contributed by atoms with Crippen molar-refractivity contribution in [1.82, 2.24) is 0 Å². The van der Waals surface area contributed by atoms with Gasteiger partial charge in [-0.3, -0.25) is 0 Å². The predicted octanol–water partition coefficient (Wildman–Crippen LogP) is 3.84. The third kappa shape index (κ3) is 2.84. The minimum atomic E-state index is -1.01. The van der Waals surface area contributed by atoms with Gasteiger partial charge in [-0.25, -0.2) is 4.79 Å². The third-order valence-corrected chi connectivity index (χ3v) is 4.21. The highest BCUT2D eigenvalue weighted by molar-refractivity contribution is 9.11. The van der Waals surface area contributed by atoms with Gasteiger partial charge in [0.2, 0.25) is 0 Å². The van der Waals surface area contributed by atoms with Crippen LogP contribution in [0.5, 0.6) is 11.5 Å². The van der Waals surface area contributed by atoms with Crippen molar-refractivity contribution in [1.29, 1.82) is 0 Å². The van der Waals surface area contributed by atoms with Crippen LogP contribution in [0, 0.1) is 0 Å². The molecule has 0 radical (unpaired) electrons. The number of carboxylic acid groups (broad SMARTS) is 1. The van der Waals surface area contributed by atoms with Crippen LogP contribution in [0.15, 0.2) is 33.2 Å². The number of halogens is 2. The van der Waals surface area contributed by atoms with E-state index in [1.54, 1.807) is 13.2 Å². The Bertz CT molecular complexity index is 640. The number of aliphatic carboxylic acids is 1. The topological polar surface area (TPSA) is 55.8 Å². The normalized spacial score (nSPS) is 10.5. The van der Waals surface area contributed by atoms with Crippen molar-refractivity contribution >= 4 is 48.6 Å². The second-order valence-corrected chi connectivity index (χ2v) is 5.32. The van der Waals surface area contributed by atoms with Crippen LogP contribution in [0.1, 0.15) is 0 Å². The highest BCUT2D eigenvalue weighted by atomic mass is 79.9. The van der Waals surface area contributed by atoms with Gasteiger partial charge in [-0.1, -0.05) is 0 Å². The van der Waals surface area contributed by atoms with Crippen LogP contribution in [-0.2, 0) is 4.79 Å². The first-order chi connectivity index (χ1) is 9.04. The van der Waals surface area contributed by atoms with Gasteiger partial charge in [0, 0.05) is 10.8 Å². The molecule has 19 heavy (non-hydrogen) atoms. The van der Waals surface area contributed by atoms with Gasteiger partial charge in [0.05, 0.1) is 16.1 Å². The highest BCUT2D eigenvalue weighted by Gasteiger charge is 2.12. The van der Waals surface area contributed by atoms with Crippen molar-refractivity contribution in [3.63, 3.8) is 0 Å². The molecule has 4 nitrogen and oxygen atoms in total. The summed E-state index contributed by atoms with van der Waals surface area (Å²) in [6.45, 7) is -0.374. The van der Waals surface area contributed by atoms with E-state index < -0.39 is 5.97 Å². The first-order valence-electron chi connectivity index (χ1n) is 5.34. The van der Waals surface area contributed by atoms with Crippen molar-refractivity contribution < 1.29 is 19.4 Å². The molecule has 6 heteroatoms. The van der Waals surface area contributed by atoms with Gasteiger partial charge in [0.15, 0.2) is 6.61 Å². The van der Waals surface area contributed by atoms with Gasteiger partial charge in [-0.2, -0.15) is 0 Å². The zero-order valence-corrected chi connectivity index (χ0v) is 13.1. The molecule has 2 rings (SSSR count). The Labute approximate surface area is 126 Å². The van der Waals surface area contributed by atoms with E-state index in [0.29, 0.717) is 5.75 Å². The molecule has 0 fully saturated rings. The second-order valence-electron chi connectivity index (χ2n) is 3.74. The summed E-state index contributed by atoms with van der Waals surface area (Å²) in [5.41, 5.74) is 0. The van der Waals surface area contributed by atoms with Crippen molar-refractivity contribution in [2.45, 2.75) is 0 Å². The van der Waals surface area contributed by atoms with E-state index in [2.05, 4.69) is 31.9 Å². The van der Waals surface area contributed by atoms with Gasteiger partial charge in [0.25, 0.3) is 0 Å². The fourth-order valence-corrected chi connectivity index (χ4v) is 2.93. The molecule has 0 aliphatic carbocycles. The molecule has 0 spiro atoms. The van der Waals surface area contributed by atoms with Crippen molar-refractivity contribution in [2.75, 3.05) is 13.7 Å². The third-order valence-electron chi connectivity index (χ3n) is 2.57. The monoisotopic (exact) mass is 388 g/mol. The Morgan fingerprint density at radius 1 is 1.11 bits per heavy atom. The number of hydrogen-bond donors (Lipinski definition) is 1. The number of rotatable bonds is 4. The molecule has 0 saturated carbocycles. The number of carbonyl (C=O) groups is 1. The molecule has 0 saturated heterocycles. The van der Waals surface area contributed by atoms with Crippen molar-refractivity contribution in [3.05, 3.63) is 33.2 Å². The lowest BCUT2D eigenvalue weighted by atomic mass is 10.1. The number of hydrogen-bond acceptors (Lipinski definition) is 3. The van der Waals surface area contributed by atoms with E-state index in [4.69, 9.17) is 14.6 Å². The molecule has 0 aliphatic heterocycles. The summed E-state index contributed by atoms with van der Waals surface area (Å²) in [4.78, 5) is 10.5. The van der Waals surface area contributed by atoms with E-state index in [1.165, 1.54) is 0 Å². The van der Waals surface area contributed by atoms with Gasteiger partial charge in [-0.05, 0) is 56.1 Å². The average molecular weight is 390 g/mol. The minimum Gasteiger partial charge on any atom is -0.496 e. The number of carboxylic acids is 1. The minimum absolute atomic E-state index is 0.374. The van der Waals surface area contributed by atoms with Crippen LogP contribution in [0.25, 0.3) is 10.8 Å². The molecule has 0 aliphatic rings. The Hall–Kier alpha value is -1.27. The van der Waals surface area contributed by atoms with Gasteiger partial charge in [-0.15, -0.1) is 0 Å². The van der Waals surface area contributed by atoms with E-state index in [-0.39, 0.29) is 6.61 Å². The maximum absolute atomic E-state index is 10.5. The van der Waals surface area contributed by atoms with E-state index in [0.717, 1.165) is 25.5 Å². The highest BCUT2D eigenvalue weighted by Crippen LogP contribution is 2.39. The Kier molecular flexibility index (Phi) is 4.31. The van der Waals surface area contributed by atoms with Crippen LogP contribution in [-0.4, -0.2) is 24.8 Å². The van der Waals surface area contributed by atoms with Crippen LogP contribution < -0.4 is 9.47 Å². The van der Waals surface area contributed by atoms with E-state index in [1.807, 2.05) is 18.2 Å². The van der Waals surface area contributed by atoms with Crippen LogP contribution in [0.4, 0.5) is 0 Å². The predicted molar refractivity (Wildman–Crippen MR) is 79.0 cm³/mol. The number of methoxy groups -OCH3 is 1. The van der Waals surface area contributed by atoms with Gasteiger partial charge in [0.1, 0.15) is 11.5 Å². The van der Waals surface area contributed by atoms with Crippen LogP contribution >= 0.6 is 31.9 Å². The fourth-order valence-electron chi connectivity index (χ4n) is 1.70. The molecule has 2 aromatic rings. The maximum Gasteiger partial charge on any atom is 0.341 e. The quantitative estimate of drug-likeness (QED) is 0.863. The Morgan fingerprint density at radius 3 is 2.16 bits per heavy atom. The summed E-state index contributed by atoms with van der Waals surface area (Å²) in [5.74, 6) is 0.216. The summed E-state index contributed by atoms with van der Waals surface area (Å²) in [6, 6.07) is 7.29. The fraction of sp³-hybridized carbons (Fsp3) is 0.154. The Morgan fingerprint density at radius 2 is 1.63 bits per heavy atom. The van der Waals surface area contributed by atoms with Crippen LogP contribution in [0.2, 0.25) is 0 Å². The number of fused-ring (bicyclic) bond motifs is 1. The average Bonchev–Trinajstić information content (AvgIpc) is 2.38.